The summed E-state index contributed by atoms with van der Waals surface area (Å²) >= 11 is 0. The van der Waals surface area contributed by atoms with E-state index < -0.39 is 0 Å². The molecule has 1 atom stereocenters. The molecule has 0 spiro atoms. The van der Waals surface area contributed by atoms with Crippen molar-refractivity contribution in [3.8, 4) is 0 Å². The van der Waals surface area contributed by atoms with E-state index >= 15 is 0 Å². The van der Waals surface area contributed by atoms with Crippen molar-refractivity contribution < 1.29 is 9.21 Å². The molecule has 0 bridgehead atoms. The molecule has 3 aromatic rings. The summed E-state index contributed by atoms with van der Waals surface area (Å²) in [6.07, 6.45) is 0.599. The van der Waals surface area contributed by atoms with Crippen molar-refractivity contribution in [3.05, 3.63) is 64.4 Å². The first-order valence-electron chi connectivity index (χ1n) is 7.93. The maximum Gasteiger partial charge on any atom is 0.232 e. The van der Waals surface area contributed by atoms with Crippen molar-refractivity contribution in [3.63, 3.8) is 0 Å². The van der Waals surface area contributed by atoms with Crippen LogP contribution in [0.15, 0.2) is 40.8 Å². The molecule has 2 aromatic carbocycles. The second kappa shape index (κ2) is 4.98. The molecule has 1 aromatic heterocycles. The standard InChI is InChI=1S/C20H19NO2/c1-11-7-8-17-15(9-11)16(20(22)21-17)10-18-13(3)14-6-4-5-12(2)19(14)23-18/h4-9,16H,10H2,1-3H3,(H,21,22)/t16-/m0/s1. The maximum absolute atomic E-state index is 12.4. The number of benzene rings is 2. The van der Waals surface area contributed by atoms with Crippen LogP contribution >= 0.6 is 0 Å². The third kappa shape index (κ3) is 2.15. The molecule has 0 saturated heterocycles. The van der Waals surface area contributed by atoms with Gasteiger partial charge in [0.2, 0.25) is 5.91 Å². The second-order valence-corrected chi connectivity index (χ2v) is 6.44. The molecule has 116 valence electrons. The molecular weight excluding hydrogens is 286 g/mol. The Labute approximate surface area is 135 Å². The van der Waals surface area contributed by atoms with Gasteiger partial charge in [0.25, 0.3) is 0 Å². The molecule has 3 nitrogen and oxygen atoms in total. The van der Waals surface area contributed by atoms with Gasteiger partial charge in [-0.2, -0.15) is 0 Å². The lowest BCUT2D eigenvalue weighted by atomic mass is 9.93. The van der Waals surface area contributed by atoms with Crippen LogP contribution < -0.4 is 5.32 Å². The molecule has 0 radical (unpaired) electrons. The molecule has 23 heavy (non-hydrogen) atoms. The number of furan rings is 1. The zero-order chi connectivity index (χ0) is 16.1. The Morgan fingerprint density at radius 3 is 2.74 bits per heavy atom. The molecule has 4 rings (SSSR count). The maximum atomic E-state index is 12.4. The number of rotatable bonds is 2. The molecule has 0 unspecified atom stereocenters. The Hall–Kier alpha value is -2.55. The first kappa shape index (κ1) is 14.1. The third-order valence-corrected chi connectivity index (χ3v) is 4.81. The highest BCUT2D eigenvalue weighted by atomic mass is 16.3. The number of hydrogen-bond donors (Lipinski definition) is 1. The van der Waals surface area contributed by atoms with Crippen LogP contribution in [-0.2, 0) is 11.2 Å². The molecule has 2 heterocycles. The minimum absolute atomic E-state index is 0.0576. The number of anilines is 1. The zero-order valence-electron chi connectivity index (χ0n) is 13.6. The van der Waals surface area contributed by atoms with Crippen molar-refractivity contribution in [2.24, 2.45) is 0 Å². The van der Waals surface area contributed by atoms with Crippen molar-refractivity contribution in [2.75, 3.05) is 5.32 Å². The summed E-state index contributed by atoms with van der Waals surface area (Å²) in [6.45, 7) is 6.18. The quantitative estimate of drug-likeness (QED) is 0.749. The van der Waals surface area contributed by atoms with Gasteiger partial charge in [0.05, 0.1) is 5.92 Å². The first-order valence-corrected chi connectivity index (χ1v) is 7.93. The normalized spacial score (nSPS) is 16.7. The molecule has 0 saturated carbocycles. The van der Waals surface area contributed by atoms with Crippen LogP contribution in [-0.4, -0.2) is 5.91 Å². The van der Waals surface area contributed by atoms with E-state index in [1.807, 2.05) is 18.2 Å². The van der Waals surface area contributed by atoms with E-state index in [-0.39, 0.29) is 11.8 Å². The molecule has 1 N–H and O–H groups in total. The van der Waals surface area contributed by atoms with E-state index in [9.17, 15) is 4.79 Å². The lowest BCUT2D eigenvalue weighted by Gasteiger charge is -2.08. The summed E-state index contributed by atoms with van der Waals surface area (Å²) in [6, 6.07) is 12.3. The van der Waals surface area contributed by atoms with Crippen LogP contribution in [0.4, 0.5) is 5.69 Å². The monoisotopic (exact) mass is 305 g/mol. The lowest BCUT2D eigenvalue weighted by Crippen LogP contribution is -2.14. The van der Waals surface area contributed by atoms with Crippen molar-refractivity contribution in [1.29, 1.82) is 0 Å². The summed E-state index contributed by atoms with van der Waals surface area (Å²) in [5.74, 6) is 0.787. The number of nitrogens with one attached hydrogen (secondary N) is 1. The fourth-order valence-electron chi connectivity index (χ4n) is 3.46. The fraction of sp³-hybridized carbons (Fsp3) is 0.250. The lowest BCUT2D eigenvalue weighted by molar-refractivity contribution is -0.117. The van der Waals surface area contributed by atoms with E-state index in [0.717, 1.165) is 39.1 Å². The summed E-state index contributed by atoms with van der Waals surface area (Å²) in [4.78, 5) is 12.4. The Morgan fingerprint density at radius 1 is 1.13 bits per heavy atom. The third-order valence-electron chi connectivity index (χ3n) is 4.81. The number of carbonyl (C=O) groups is 1. The van der Waals surface area contributed by atoms with Crippen molar-refractivity contribution in [1.82, 2.24) is 0 Å². The predicted molar refractivity (Wildman–Crippen MR) is 91.9 cm³/mol. The molecule has 0 aliphatic carbocycles. The minimum atomic E-state index is -0.176. The number of amides is 1. The molecule has 1 amide bonds. The number of para-hydroxylation sites is 1. The van der Waals surface area contributed by atoms with Crippen LogP contribution in [0.3, 0.4) is 0 Å². The van der Waals surface area contributed by atoms with Gasteiger partial charge in [0.15, 0.2) is 0 Å². The van der Waals surface area contributed by atoms with E-state index in [1.54, 1.807) is 0 Å². The molecule has 1 aliphatic rings. The van der Waals surface area contributed by atoms with Crippen LogP contribution in [0.1, 0.15) is 33.9 Å². The van der Waals surface area contributed by atoms with Crippen LogP contribution in [0.5, 0.6) is 0 Å². The summed E-state index contributed by atoms with van der Waals surface area (Å²) in [7, 11) is 0. The van der Waals surface area contributed by atoms with Gasteiger partial charge in [-0.05, 0) is 43.5 Å². The van der Waals surface area contributed by atoms with Gasteiger partial charge in [0, 0.05) is 17.5 Å². The van der Waals surface area contributed by atoms with Crippen LogP contribution in [0.25, 0.3) is 11.0 Å². The Balaban J connectivity index is 1.77. The highest BCUT2D eigenvalue weighted by Crippen LogP contribution is 2.37. The van der Waals surface area contributed by atoms with Gasteiger partial charge in [-0.1, -0.05) is 35.9 Å². The van der Waals surface area contributed by atoms with Crippen molar-refractivity contribution in [2.45, 2.75) is 33.1 Å². The van der Waals surface area contributed by atoms with Gasteiger partial charge in [-0.3, -0.25) is 4.79 Å². The smallest absolute Gasteiger partial charge is 0.232 e. The topological polar surface area (TPSA) is 42.2 Å². The Bertz CT molecular complexity index is 936. The van der Waals surface area contributed by atoms with Gasteiger partial charge in [0.1, 0.15) is 11.3 Å². The van der Waals surface area contributed by atoms with Gasteiger partial charge in [-0.15, -0.1) is 0 Å². The van der Waals surface area contributed by atoms with Gasteiger partial charge < -0.3 is 9.73 Å². The summed E-state index contributed by atoms with van der Waals surface area (Å²) < 4.78 is 6.11. The van der Waals surface area contributed by atoms with E-state index in [4.69, 9.17) is 4.42 Å². The molecular formula is C20H19NO2. The highest BCUT2D eigenvalue weighted by Gasteiger charge is 2.32. The number of aryl methyl sites for hydroxylation is 3. The Morgan fingerprint density at radius 2 is 1.96 bits per heavy atom. The van der Waals surface area contributed by atoms with Gasteiger partial charge in [-0.25, -0.2) is 0 Å². The predicted octanol–water partition coefficient (Wildman–Crippen LogP) is 4.64. The molecule has 1 aliphatic heterocycles. The van der Waals surface area contributed by atoms with Crippen LogP contribution in [0, 0.1) is 20.8 Å². The summed E-state index contributed by atoms with van der Waals surface area (Å²) in [5, 5.41) is 4.12. The minimum Gasteiger partial charge on any atom is -0.460 e. The molecule has 3 heteroatoms. The fourth-order valence-corrected chi connectivity index (χ4v) is 3.46. The number of carbonyl (C=O) groups excluding carboxylic acids is 1. The average molecular weight is 305 g/mol. The highest BCUT2D eigenvalue weighted by molar-refractivity contribution is 6.03. The van der Waals surface area contributed by atoms with Crippen molar-refractivity contribution >= 4 is 22.6 Å². The summed E-state index contributed by atoms with van der Waals surface area (Å²) in [5.41, 5.74) is 6.37. The number of fused-ring (bicyclic) bond motifs is 2. The largest absolute Gasteiger partial charge is 0.460 e. The zero-order valence-corrected chi connectivity index (χ0v) is 13.6. The van der Waals surface area contributed by atoms with E-state index in [2.05, 4.69) is 44.3 Å². The average Bonchev–Trinajstić information content (AvgIpc) is 3.00. The first-order chi connectivity index (χ1) is 11.0. The van der Waals surface area contributed by atoms with Crippen LogP contribution in [0.2, 0.25) is 0 Å². The Kier molecular flexibility index (Phi) is 3.05. The van der Waals surface area contributed by atoms with E-state index in [0.29, 0.717) is 6.42 Å². The van der Waals surface area contributed by atoms with Gasteiger partial charge >= 0.3 is 0 Å². The SMILES string of the molecule is Cc1ccc2c(c1)[C@H](Cc1oc3c(C)cccc3c1C)C(=O)N2. The number of hydrogen-bond acceptors (Lipinski definition) is 2. The van der Waals surface area contributed by atoms with E-state index in [1.165, 1.54) is 5.56 Å². The second-order valence-electron chi connectivity index (χ2n) is 6.44. The molecule has 0 fully saturated rings.